The van der Waals surface area contributed by atoms with Crippen LogP contribution in [0.5, 0.6) is 0 Å². The van der Waals surface area contributed by atoms with Gasteiger partial charge >= 0.3 is 0 Å². The summed E-state index contributed by atoms with van der Waals surface area (Å²) < 4.78 is 0. The maximum absolute atomic E-state index is 11.8. The number of likely N-dealkylation sites (tertiary alicyclic amines) is 1. The van der Waals surface area contributed by atoms with Gasteiger partial charge in [0.1, 0.15) is 17.5 Å². The zero-order chi connectivity index (χ0) is 16.1. The fourth-order valence-corrected chi connectivity index (χ4v) is 2.99. The Hall–Kier alpha value is -2.21. The predicted molar refractivity (Wildman–Crippen MR) is 88.8 cm³/mol. The Bertz CT molecular complexity index is 667. The van der Waals surface area contributed by atoms with Gasteiger partial charge in [-0.15, -0.1) is 11.6 Å². The molecule has 1 saturated heterocycles. The normalized spacial score (nSPS) is 17.8. The molecule has 1 fully saturated rings. The molecule has 1 unspecified atom stereocenters. The maximum Gasteiger partial charge on any atom is 0.237 e. The first-order chi connectivity index (χ1) is 11.3. The highest BCUT2D eigenvalue weighted by atomic mass is 35.5. The van der Waals surface area contributed by atoms with Crippen molar-refractivity contribution in [3.8, 4) is 0 Å². The van der Waals surface area contributed by atoms with Crippen LogP contribution in [0.2, 0.25) is 0 Å². The summed E-state index contributed by atoms with van der Waals surface area (Å²) in [5.74, 6) is 1.73. The van der Waals surface area contributed by atoms with Gasteiger partial charge in [-0.2, -0.15) is 0 Å². The molecule has 1 aliphatic rings. The molecule has 6 nitrogen and oxygen atoms in total. The summed E-state index contributed by atoms with van der Waals surface area (Å²) in [5.41, 5.74) is 1.17. The van der Waals surface area contributed by atoms with Crippen LogP contribution in [0.1, 0.15) is 24.3 Å². The number of rotatable bonds is 4. The average molecular weight is 332 g/mol. The van der Waals surface area contributed by atoms with Crippen molar-refractivity contribution in [3.63, 3.8) is 0 Å². The molecule has 23 heavy (non-hydrogen) atoms. The quantitative estimate of drug-likeness (QED) is 0.872. The molecule has 1 amide bonds. The van der Waals surface area contributed by atoms with Crippen molar-refractivity contribution in [2.45, 2.75) is 18.8 Å². The molecule has 0 radical (unpaired) electrons. The fraction of sp³-hybridized carbons (Fsp3) is 0.375. The van der Waals surface area contributed by atoms with Crippen LogP contribution in [0.3, 0.4) is 0 Å². The van der Waals surface area contributed by atoms with E-state index in [-0.39, 0.29) is 11.8 Å². The minimum atomic E-state index is 0.00308. The van der Waals surface area contributed by atoms with Crippen LogP contribution in [-0.4, -0.2) is 44.7 Å². The number of carbonyl (C=O) groups is 1. The van der Waals surface area contributed by atoms with Gasteiger partial charge in [0, 0.05) is 37.6 Å². The van der Waals surface area contributed by atoms with Crippen molar-refractivity contribution < 1.29 is 4.79 Å². The number of carbonyl (C=O) groups excluding carboxylic acids is 1. The number of hydrogen-bond acceptors (Lipinski definition) is 5. The van der Waals surface area contributed by atoms with Crippen LogP contribution < -0.4 is 5.32 Å². The van der Waals surface area contributed by atoms with Gasteiger partial charge in [0.15, 0.2) is 0 Å². The van der Waals surface area contributed by atoms with Gasteiger partial charge in [-0.3, -0.25) is 9.78 Å². The molecule has 120 valence electrons. The number of aromatic nitrogens is 3. The van der Waals surface area contributed by atoms with Crippen molar-refractivity contribution in [2.75, 3.05) is 24.3 Å². The van der Waals surface area contributed by atoms with E-state index in [1.165, 1.54) is 5.56 Å². The molecule has 0 bridgehead atoms. The van der Waals surface area contributed by atoms with Crippen LogP contribution in [-0.2, 0) is 4.79 Å². The maximum atomic E-state index is 11.8. The highest BCUT2D eigenvalue weighted by Gasteiger charge is 2.24. The largest absolute Gasteiger partial charge is 0.341 e. The second-order valence-corrected chi connectivity index (χ2v) is 5.77. The zero-order valence-corrected chi connectivity index (χ0v) is 13.4. The summed E-state index contributed by atoms with van der Waals surface area (Å²) in [5, 5.41) is 3.14. The lowest BCUT2D eigenvalue weighted by molar-refractivity contribution is -0.129. The first-order valence-electron chi connectivity index (χ1n) is 7.59. The number of piperidine rings is 1. The lowest BCUT2D eigenvalue weighted by Crippen LogP contribution is -2.39. The van der Waals surface area contributed by atoms with E-state index in [9.17, 15) is 4.79 Å². The SMILES string of the molecule is O=C(CCl)N1CCCC(c2ccnc(Nc3cnccn3)c2)C1. The number of alkyl halides is 1. The highest BCUT2D eigenvalue weighted by Crippen LogP contribution is 2.28. The third-order valence-corrected chi connectivity index (χ3v) is 4.19. The first-order valence-corrected chi connectivity index (χ1v) is 8.12. The van der Waals surface area contributed by atoms with E-state index in [1.807, 2.05) is 17.0 Å². The van der Waals surface area contributed by atoms with E-state index in [4.69, 9.17) is 11.6 Å². The van der Waals surface area contributed by atoms with Crippen molar-refractivity contribution in [1.29, 1.82) is 0 Å². The molecule has 1 atom stereocenters. The number of halogens is 1. The predicted octanol–water partition coefficient (Wildman–Crippen LogP) is 2.56. The van der Waals surface area contributed by atoms with Crippen molar-refractivity contribution in [1.82, 2.24) is 19.9 Å². The second kappa shape index (κ2) is 7.37. The minimum absolute atomic E-state index is 0.00308. The molecule has 2 aromatic heterocycles. The van der Waals surface area contributed by atoms with Gasteiger partial charge < -0.3 is 10.2 Å². The van der Waals surface area contributed by atoms with E-state index in [0.717, 1.165) is 25.2 Å². The number of nitrogens with one attached hydrogen (secondary N) is 1. The summed E-state index contributed by atoms with van der Waals surface area (Å²) >= 11 is 5.67. The van der Waals surface area contributed by atoms with Gasteiger partial charge in [0.25, 0.3) is 0 Å². The summed E-state index contributed by atoms with van der Waals surface area (Å²) in [6.45, 7) is 1.50. The van der Waals surface area contributed by atoms with Crippen molar-refractivity contribution >= 4 is 29.1 Å². The Morgan fingerprint density at radius 3 is 2.96 bits per heavy atom. The topological polar surface area (TPSA) is 71.0 Å². The summed E-state index contributed by atoms with van der Waals surface area (Å²) in [6.07, 6.45) is 8.72. The van der Waals surface area contributed by atoms with Gasteiger partial charge in [0.05, 0.1) is 6.20 Å². The molecule has 1 N–H and O–H groups in total. The van der Waals surface area contributed by atoms with Crippen LogP contribution >= 0.6 is 11.6 Å². The van der Waals surface area contributed by atoms with E-state index in [0.29, 0.717) is 18.3 Å². The standard InChI is InChI=1S/C16H18ClN5O/c17-9-16(23)22-7-1-2-13(11-22)12-3-4-19-14(8-12)21-15-10-18-5-6-20-15/h3-6,8,10,13H,1-2,7,9,11H2,(H,19,20,21). The Labute approximate surface area is 139 Å². The third-order valence-electron chi connectivity index (χ3n) is 3.96. The molecule has 3 rings (SSSR count). The van der Waals surface area contributed by atoms with Gasteiger partial charge in [-0.05, 0) is 30.5 Å². The Kier molecular flexibility index (Phi) is 5.02. The number of pyridine rings is 1. The average Bonchev–Trinajstić information content (AvgIpc) is 2.62. The summed E-state index contributed by atoms with van der Waals surface area (Å²) in [6, 6.07) is 4.01. The highest BCUT2D eigenvalue weighted by molar-refractivity contribution is 6.27. The van der Waals surface area contributed by atoms with Crippen LogP contribution in [0.4, 0.5) is 11.6 Å². The Morgan fingerprint density at radius 1 is 1.30 bits per heavy atom. The van der Waals surface area contributed by atoms with E-state index in [2.05, 4.69) is 20.3 Å². The van der Waals surface area contributed by atoms with Crippen LogP contribution in [0.15, 0.2) is 36.9 Å². The van der Waals surface area contributed by atoms with Gasteiger partial charge in [-0.25, -0.2) is 9.97 Å². The summed E-state index contributed by atoms with van der Waals surface area (Å²) in [7, 11) is 0. The van der Waals surface area contributed by atoms with E-state index < -0.39 is 0 Å². The summed E-state index contributed by atoms with van der Waals surface area (Å²) in [4.78, 5) is 26.2. The molecule has 0 aliphatic carbocycles. The lowest BCUT2D eigenvalue weighted by Gasteiger charge is -2.32. The Morgan fingerprint density at radius 2 is 2.17 bits per heavy atom. The molecule has 0 saturated carbocycles. The monoisotopic (exact) mass is 331 g/mol. The fourth-order valence-electron chi connectivity index (χ4n) is 2.82. The first kappa shape index (κ1) is 15.7. The second-order valence-electron chi connectivity index (χ2n) is 5.50. The molecule has 7 heteroatoms. The molecule has 0 spiro atoms. The molecular formula is C16H18ClN5O. The minimum Gasteiger partial charge on any atom is -0.341 e. The number of hydrogen-bond donors (Lipinski definition) is 1. The molecule has 2 aromatic rings. The van der Waals surface area contributed by atoms with Crippen molar-refractivity contribution in [2.24, 2.45) is 0 Å². The third kappa shape index (κ3) is 3.96. The smallest absolute Gasteiger partial charge is 0.237 e. The Balaban J connectivity index is 1.73. The molecular weight excluding hydrogens is 314 g/mol. The number of anilines is 2. The van der Waals surface area contributed by atoms with Gasteiger partial charge in [0.2, 0.25) is 5.91 Å². The zero-order valence-electron chi connectivity index (χ0n) is 12.7. The number of amides is 1. The van der Waals surface area contributed by atoms with Gasteiger partial charge in [-0.1, -0.05) is 0 Å². The van der Waals surface area contributed by atoms with Crippen LogP contribution in [0, 0.1) is 0 Å². The van der Waals surface area contributed by atoms with E-state index >= 15 is 0 Å². The van der Waals surface area contributed by atoms with Crippen LogP contribution in [0.25, 0.3) is 0 Å². The molecule has 0 aromatic carbocycles. The van der Waals surface area contributed by atoms with E-state index in [1.54, 1.807) is 24.8 Å². The molecule has 3 heterocycles. The lowest BCUT2D eigenvalue weighted by atomic mass is 9.91. The molecule has 1 aliphatic heterocycles. The van der Waals surface area contributed by atoms with Crippen molar-refractivity contribution in [3.05, 3.63) is 42.5 Å². The number of nitrogens with zero attached hydrogens (tertiary/aromatic N) is 4.